The summed E-state index contributed by atoms with van der Waals surface area (Å²) in [6.45, 7) is 3.58. The van der Waals surface area contributed by atoms with E-state index in [9.17, 15) is 9.59 Å². The zero-order chi connectivity index (χ0) is 19.3. The second kappa shape index (κ2) is 8.54. The Kier molecular flexibility index (Phi) is 5.69. The minimum atomic E-state index is -0.453. The topological polar surface area (TPSA) is 70.7 Å². The van der Waals surface area contributed by atoms with Crippen LogP contribution in [0.15, 0.2) is 54.6 Å². The van der Waals surface area contributed by atoms with Gasteiger partial charge >= 0.3 is 0 Å². The van der Waals surface area contributed by atoms with Crippen molar-refractivity contribution < 1.29 is 14.3 Å². The molecule has 2 heterocycles. The first kappa shape index (κ1) is 18.7. The van der Waals surface area contributed by atoms with Crippen LogP contribution in [0, 0.1) is 0 Å². The van der Waals surface area contributed by atoms with Gasteiger partial charge in [-0.1, -0.05) is 48.5 Å². The van der Waals surface area contributed by atoms with Gasteiger partial charge in [0, 0.05) is 31.7 Å². The maximum atomic E-state index is 13.0. The quantitative estimate of drug-likeness (QED) is 0.836. The second-order valence-electron chi connectivity index (χ2n) is 7.21. The van der Waals surface area contributed by atoms with Gasteiger partial charge in [-0.05, 0) is 17.2 Å². The molecule has 0 aromatic heterocycles. The number of hydrogen-bond acceptors (Lipinski definition) is 4. The first-order valence-corrected chi connectivity index (χ1v) is 9.75. The molecule has 146 valence electrons. The number of benzene rings is 2. The third-order valence-corrected chi connectivity index (χ3v) is 5.46. The molecule has 0 radical (unpaired) electrons. The summed E-state index contributed by atoms with van der Waals surface area (Å²) < 4.78 is 5.48. The van der Waals surface area contributed by atoms with Crippen LogP contribution < -0.4 is 10.6 Å². The number of para-hydroxylation sites is 1. The summed E-state index contributed by atoms with van der Waals surface area (Å²) in [5, 5.41) is 5.95. The van der Waals surface area contributed by atoms with Crippen molar-refractivity contribution in [3.63, 3.8) is 0 Å². The largest absolute Gasteiger partial charge is 0.379 e. The Balaban J connectivity index is 1.49. The number of rotatable bonds is 5. The summed E-state index contributed by atoms with van der Waals surface area (Å²) in [6, 6.07) is 17.8. The van der Waals surface area contributed by atoms with Gasteiger partial charge in [0.1, 0.15) is 0 Å². The van der Waals surface area contributed by atoms with E-state index in [-0.39, 0.29) is 24.3 Å². The Morgan fingerprint density at radius 1 is 1.11 bits per heavy atom. The number of nitrogens with one attached hydrogen (secondary N) is 2. The van der Waals surface area contributed by atoms with Gasteiger partial charge in [-0.2, -0.15) is 0 Å². The minimum Gasteiger partial charge on any atom is -0.379 e. The molecule has 1 saturated heterocycles. The number of hydrogen-bond donors (Lipinski definition) is 2. The van der Waals surface area contributed by atoms with Crippen molar-refractivity contribution >= 4 is 17.5 Å². The maximum absolute atomic E-state index is 13.0. The highest BCUT2D eigenvalue weighted by Gasteiger charge is 2.31. The van der Waals surface area contributed by atoms with Crippen LogP contribution in [-0.2, 0) is 14.3 Å². The number of carbonyl (C=O) groups is 2. The van der Waals surface area contributed by atoms with Crippen molar-refractivity contribution in [1.29, 1.82) is 0 Å². The first-order chi connectivity index (χ1) is 13.7. The van der Waals surface area contributed by atoms with Gasteiger partial charge in [0.05, 0.1) is 25.2 Å². The van der Waals surface area contributed by atoms with Gasteiger partial charge in [0.15, 0.2) is 0 Å². The van der Waals surface area contributed by atoms with Gasteiger partial charge in [0.2, 0.25) is 11.8 Å². The first-order valence-electron chi connectivity index (χ1n) is 9.75. The van der Waals surface area contributed by atoms with E-state index in [2.05, 4.69) is 27.7 Å². The summed E-state index contributed by atoms with van der Waals surface area (Å²) in [5.74, 6) is -0.672. The second-order valence-corrected chi connectivity index (χ2v) is 7.21. The molecule has 6 heteroatoms. The summed E-state index contributed by atoms with van der Waals surface area (Å²) in [6.07, 6.45) is 0.177. The molecule has 2 aliphatic heterocycles. The fourth-order valence-corrected chi connectivity index (χ4v) is 3.99. The Morgan fingerprint density at radius 3 is 2.61 bits per heavy atom. The maximum Gasteiger partial charge on any atom is 0.228 e. The molecule has 0 bridgehead atoms. The molecule has 4 rings (SSSR count). The standard InChI is InChI=1S/C22H25N3O3/c26-21-14-18(17-8-4-5-9-19(17)24-21)22(27)23-15-20(16-6-2-1-3-7-16)25-10-12-28-13-11-25/h1-9,18,20H,10-15H2,(H,23,27)(H,24,26). The predicted molar refractivity (Wildman–Crippen MR) is 107 cm³/mol. The number of morpholine rings is 1. The van der Waals surface area contributed by atoms with Crippen LogP contribution in [0.25, 0.3) is 0 Å². The summed E-state index contributed by atoms with van der Waals surface area (Å²) >= 11 is 0. The van der Waals surface area contributed by atoms with Gasteiger partial charge in [-0.15, -0.1) is 0 Å². The van der Waals surface area contributed by atoms with Crippen LogP contribution in [-0.4, -0.2) is 49.6 Å². The molecule has 2 aromatic carbocycles. The molecule has 2 atom stereocenters. The molecule has 6 nitrogen and oxygen atoms in total. The Morgan fingerprint density at radius 2 is 1.82 bits per heavy atom. The molecule has 2 aliphatic rings. The molecular weight excluding hydrogens is 354 g/mol. The summed E-state index contributed by atoms with van der Waals surface area (Å²) in [5.41, 5.74) is 2.78. The van der Waals surface area contributed by atoms with Crippen molar-refractivity contribution in [2.75, 3.05) is 38.2 Å². The Labute approximate surface area is 164 Å². The third kappa shape index (κ3) is 4.08. The number of anilines is 1. The molecule has 28 heavy (non-hydrogen) atoms. The van der Waals surface area contributed by atoms with Crippen LogP contribution in [0.4, 0.5) is 5.69 Å². The van der Waals surface area contributed by atoms with Crippen LogP contribution in [0.2, 0.25) is 0 Å². The van der Waals surface area contributed by atoms with Gasteiger partial charge in [0.25, 0.3) is 0 Å². The van der Waals surface area contributed by atoms with Crippen molar-refractivity contribution in [1.82, 2.24) is 10.2 Å². The Bertz CT molecular complexity index is 834. The van der Waals surface area contributed by atoms with E-state index in [1.807, 2.05) is 42.5 Å². The highest BCUT2D eigenvalue weighted by atomic mass is 16.5. The average molecular weight is 379 g/mol. The van der Waals surface area contributed by atoms with E-state index in [1.54, 1.807) is 0 Å². The van der Waals surface area contributed by atoms with Crippen molar-refractivity contribution in [2.45, 2.75) is 18.4 Å². The zero-order valence-electron chi connectivity index (χ0n) is 15.8. The average Bonchev–Trinajstić information content (AvgIpc) is 2.74. The predicted octanol–water partition coefficient (Wildman–Crippen LogP) is 2.30. The normalized spacial score (nSPS) is 20.7. The number of fused-ring (bicyclic) bond motifs is 1. The highest BCUT2D eigenvalue weighted by molar-refractivity contribution is 6.01. The highest BCUT2D eigenvalue weighted by Crippen LogP contribution is 2.32. The van der Waals surface area contributed by atoms with Crippen molar-refractivity contribution in [2.24, 2.45) is 0 Å². The SMILES string of the molecule is O=C1CC(C(=O)NCC(c2ccccc2)N2CCOCC2)c2ccccc2N1. The molecule has 2 N–H and O–H groups in total. The lowest BCUT2D eigenvalue weighted by Gasteiger charge is -2.35. The van der Waals surface area contributed by atoms with Crippen molar-refractivity contribution in [3.05, 3.63) is 65.7 Å². The molecule has 2 aromatic rings. The van der Waals surface area contributed by atoms with E-state index in [0.717, 1.165) is 24.3 Å². The molecular formula is C22H25N3O3. The van der Waals surface area contributed by atoms with E-state index >= 15 is 0 Å². The number of nitrogens with zero attached hydrogens (tertiary/aromatic N) is 1. The lowest BCUT2D eigenvalue weighted by molar-refractivity contribution is -0.126. The number of ether oxygens (including phenoxy) is 1. The van der Waals surface area contributed by atoms with Crippen LogP contribution in [0.1, 0.15) is 29.5 Å². The van der Waals surface area contributed by atoms with Gasteiger partial charge in [-0.25, -0.2) is 0 Å². The monoisotopic (exact) mass is 379 g/mol. The molecule has 0 saturated carbocycles. The molecule has 2 unspecified atom stereocenters. The fraction of sp³-hybridized carbons (Fsp3) is 0.364. The van der Waals surface area contributed by atoms with E-state index in [0.29, 0.717) is 19.8 Å². The smallest absolute Gasteiger partial charge is 0.228 e. The summed E-state index contributed by atoms with van der Waals surface area (Å²) in [7, 11) is 0. The minimum absolute atomic E-state index is 0.0849. The Hall–Kier alpha value is -2.70. The van der Waals surface area contributed by atoms with Crippen molar-refractivity contribution in [3.8, 4) is 0 Å². The van der Waals surface area contributed by atoms with E-state index < -0.39 is 5.92 Å². The van der Waals surface area contributed by atoms with E-state index in [1.165, 1.54) is 5.56 Å². The van der Waals surface area contributed by atoms with Gasteiger partial charge in [-0.3, -0.25) is 14.5 Å². The van der Waals surface area contributed by atoms with Crippen LogP contribution in [0.3, 0.4) is 0 Å². The van der Waals surface area contributed by atoms with Gasteiger partial charge < -0.3 is 15.4 Å². The van der Waals surface area contributed by atoms with Crippen LogP contribution >= 0.6 is 0 Å². The summed E-state index contributed by atoms with van der Waals surface area (Å²) in [4.78, 5) is 27.4. The molecule has 1 fully saturated rings. The third-order valence-electron chi connectivity index (χ3n) is 5.46. The van der Waals surface area contributed by atoms with Crippen LogP contribution in [0.5, 0.6) is 0 Å². The molecule has 0 spiro atoms. The molecule has 2 amide bonds. The lowest BCUT2D eigenvalue weighted by atomic mass is 9.89. The number of carbonyl (C=O) groups excluding carboxylic acids is 2. The fourth-order valence-electron chi connectivity index (χ4n) is 3.99. The zero-order valence-corrected chi connectivity index (χ0v) is 15.8. The molecule has 0 aliphatic carbocycles. The lowest BCUT2D eigenvalue weighted by Crippen LogP contribution is -2.45. The number of amides is 2. The van der Waals surface area contributed by atoms with E-state index in [4.69, 9.17) is 4.74 Å².